The van der Waals surface area contributed by atoms with Crippen molar-refractivity contribution in [2.24, 2.45) is 10.9 Å². The van der Waals surface area contributed by atoms with Gasteiger partial charge >= 0.3 is 0 Å². The van der Waals surface area contributed by atoms with E-state index in [0.29, 0.717) is 18.5 Å². The summed E-state index contributed by atoms with van der Waals surface area (Å²) in [5.41, 5.74) is 4.27. The van der Waals surface area contributed by atoms with Crippen LogP contribution >= 0.6 is 0 Å². The average Bonchev–Trinajstić information content (AvgIpc) is 3.53. The van der Waals surface area contributed by atoms with Crippen LogP contribution in [0.25, 0.3) is 0 Å². The maximum atomic E-state index is 13.9. The Morgan fingerprint density at radius 3 is 2.15 bits per heavy atom. The molecule has 2 aliphatic heterocycles. The molecular formula is C36H56N4O. The first kappa shape index (κ1) is 29.1. The van der Waals surface area contributed by atoms with E-state index in [1.165, 1.54) is 152 Å². The number of aliphatic imine (C=N–C) groups is 1. The van der Waals surface area contributed by atoms with Gasteiger partial charge in [-0.3, -0.25) is 4.79 Å². The van der Waals surface area contributed by atoms with E-state index in [1.807, 2.05) is 0 Å². The molecule has 1 spiro atoms. The molecule has 2 atom stereocenters. The molecule has 1 aromatic rings. The van der Waals surface area contributed by atoms with Crippen LogP contribution in [0.4, 0.5) is 5.69 Å². The van der Waals surface area contributed by atoms with E-state index in [-0.39, 0.29) is 17.0 Å². The highest BCUT2D eigenvalue weighted by molar-refractivity contribution is 5.97. The Kier molecular flexibility index (Phi) is 9.27. The highest BCUT2D eigenvalue weighted by Crippen LogP contribution is 2.46. The van der Waals surface area contributed by atoms with E-state index < -0.39 is 0 Å². The maximum absolute atomic E-state index is 13.9. The summed E-state index contributed by atoms with van der Waals surface area (Å²) < 4.78 is 0. The van der Waals surface area contributed by atoms with Crippen LogP contribution in [0.5, 0.6) is 0 Å². The van der Waals surface area contributed by atoms with Crippen LogP contribution in [0.15, 0.2) is 23.2 Å². The van der Waals surface area contributed by atoms with Crippen LogP contribution in [0.1, 0.15) is 146 Å². The zero-order valence-corrected chi connectivity index (χ0v) is 26.0. The summed E-state index contributed by atoms with van der Waals surface area (Å²) >= 11 is 0. The molecule has 5 aliphatic rings. The molecule has 0 radical (unpaired) electrons. The van der Waals surface area contributed by atoms with E-state index in [1.54, 1.807) is 0 Å². The second-order valence-electron chi connectivity index (χ2n) is 14.4. The van der Waals surface area contributed by atoms with Gasteiger partial charge in [0.15, 0.2) is 5.96 Å². The van der Waals surface area contributed by atoms with Crippen LogP contribution in [-0.2, 0) is 11.2 Å². The Morgan fingerprint density at radius 2 is 1.44 bits per heavy atom. The van der Waals surface area contributed by atoms with Crippen LogP contribution in [-0.4, -0.2) is 35.5 Å². The summed E-state index contributed by atoms with van der Waals surface area (Å²) in [6, 6.07) is 7.11. The normalized spacial score (nSPS) is 30.4. The SMILES string of the molecule is Cc1cccc2c1CC1(CCCCCCCCC1)N2CC(=O)/N=C1\NC2CCCCC2(C2CCCCCCCC2)N1. The van der Waals surface area contributed by atoms with Gasteiger partial charge in [0.25, 0.3) is 5.91 Å². The fourth-order valence-corrected chi connectivity index (χ4v) is 9.53. The molecule has 4 fully saturated rings. The lowest BCUT2D eigenvalue weighted by atomic mass is 9.67. The highest BCUT2D eigenvalue weighted by atomic mass is 16.1. The van der Waals surface area contributed by atoms with E-state index in [0.717, 1.165) is 12.4 Å². The Labute approximate surface area is 249 Å². The molecule has 5 nitrogen and oxygen atoms in total. The summed E-state index contributed by atoms with van der Waals surface area (Å²) in [5.74, 6) is 1.46. The van der Waals surface area contributed by atoms with Crippen molar-refractivity contribution in [1.82, 2.24) is 10.6 Å². The molecule has 1 aromatic carbocycles. The molecule has 226 valence electrons. The van der Waals surface area contributed by atoms with Crippen LogP contribution < -0.4 is 15.5 Å². The van der Waals surface area contributed by atoms with Gasteiger partial charge in [0.2, 0.25) is 0 Å². The van der Waals surface area contributed by atoms with E-state index in [4.69, 9.17) is 4.99 Å². The lowest BCUT2D eigenvalue weighted by molar-refractivity contribution is -0.116. The third kappa shape index (κ3) is 6.20. The van der Waals surface area contributed by atoms with Crippen molar-refractivity contribution in [3.63, 3.8) is 0 Å². The minimum Gasteiger partial charge on any atom is -0.356 e. The summed E-state index contributed by atoms with van der Waals surface area (Å²) in [4.78, 5) is 21.2. The molecule has 5 heteroatoms. The molecule has 2 heterocycles. The first-order valence-electron chi connectivity index (χ1n) is 17.6. The number of nitrogens with one attached hydrogen (secondary N) is 2. The molecule has 0 bridgehead atoms. The van der Waals surface area contributed by atoms with Gasteiger partial charge < -0.3 is 15.5 Å². The monoisotopic (exact) mass is 560 g/mol. The van der Waals surface area contributed by atoms with Gasteiger partial charge in [-0.05, 0) is 75.0 Å². The number of carbonyl (C=O) groups is 1. The van der Waals surface area contributed by atoms with E-state index in [2.05, 4.69) is 40.7 Å². The third-order valence-electron chi connectivity index (χ3n) is 11.8. The second kappa shape index (κ2) is 13.1. The predicted molar refractivity (Wildman–Crippen MR) is 171 cm³/mol. The minimum atomic E-state index is 0.00842. The van der Waals surface area contributed by atoms with Crippen molar-refractivity contribution in [2.45, 2.75) is 165 Å². The maximum Gasteiger partial charge on any atom is 0.268 e. The molecule has 1 saturated heterocycles. The van der Waals surface area contributed by atoms with E-state index in [9.17, 15) is 4.79 Å². The summed E-state index contributed by atoms with van der Waals surface area (Å²) in [6.07, 6.45) is 28.6. The summed E-state index contributed by atoms with van der Waals surface area (Å²) in [5, 5.41) is 7.70. The van der Waals surface area contributed by atoms with Gasteiger partial charge in [0, 0.05) is 11.2 Å². The largest absolute Gasteiger partial charge is 0.356 e. The predicted octanol–water partition coefficient (Wildman–Crippen LogP) is 8.13. The number of anilines is 1. The lowest BCUT2D eigenvalue weighted by Crippen LogP contribution is -2.57. The number of benzene rings is 1. The topological polar surface area (TPSA) is 56.7 Å². The fraction of sp³-hybridized carbons (Fsp3) is 0.778. The Morgan fingerprint density at radius 1 is 0.829 bits per heavy atom. The zero-order chi connectivity index (χ0) is 28.1. The van der Waals surface area contributed by atoms with Gasteiger partial charge in [-0.2, -0.15) is 4.99 Å². The molecule has 2 unspecified atom stereocenters. The number of nitrogens with zero attached hydrogens (tertiary/aromatic N) is 2. The number of hydrogen-bond acceptors (Lipinski definition) is 2. The van der Waals surface area contributed by atoms with Gasteiger partial charge in [-0.25, -0.2) is 0 Å². The molecule has 6 rings (SSSR count). The summed E-state index contributed by atoms with van der Waals surface area (Å²) in [7, 11) is 0. The zero-order valence-electron chi connectivity index (χ0n) is 26.0. The number of amides is 1. The number of hydrogen-bond donors (Lipinski definition) is 2. The van der Waals surface area contributed by atoms with Crippen molar-refractivity contribution in [3.8, 4) is 0 Å². The third-order valence-corrected chi connectivity index (χ3v) is 11.8. The molecule has 3 saturated carbocycles. The number of guanidine groups is 1. The smallest absolute Gasteiger partial charge is 0.268 e. The molecule has 3 aliphatic carbocycles. The van der Waals surface area contributed by atoms with Crippen molar-refractivity contribution in [1.29, 1.82) is 0 Å². The van der Waals surface area contributed by atoms with Crippen LogP contribution in [0.2, 0.25) is 0 Å². The number of rotatable bonds is 3. The summed E-state index contributed by atoms with van der Waals surface area (Å²) in [6.45, 7) is 2.65. The molecule has 0 aromatic heterocycles. The Hall–Kier alpha value is -2.04. The van der Waals surface area contributed by atoms with Crippen molar-refractivity contribution in [3.05, 3.63) is 29.3 Å². The van der Waals surface area contributed by atoms with Crippen LogP contribution in [0.3, 0.4) is 0 Å². The second-order valence-corrected chi connectivity index (χ2v) is 14.4. The molecule has 2 N–H and O–H groups in total. The number of fused-ring (bicyclic) bond motifs is 2. The molecule has 1 amide bonds. The van der Waals surface area contributed by atoms with Crippen molar-refractivity contribution in [2.75, 3.05) is 11.4 Å². The van der Waals surface area contributed by atoms with Gasteiger partial charge in [-0.1, -0.05) is 108 Å². The average molecular weight is 561 g/mol. The minimum absolute atomic E-state index is 0.00842. The van der Waals surface area contributed by atoms with Gasteiger partial charge in [0.1, 0.15) is 0 Å². The standard InChI is InChI=1S/C36H56N4O/c1-28-18-17-21-31-30(28)26-35(23-14-9-5-2-6-10-15-24-35)40(31)27-33(41)38-34-37-32-22-13-16-25-36(32,39-34)29-19-11-7-3-4-8-12-20-29/h17-18,21,29,32H,2-16,19-20,22-27H2,1H3,(H2,37,38,39,41). The quantitative estimate of drug-likeness (QED) is 0.392. The first-order valence-corrected chi connectivity index (χ1v) is 17.6. The fourth-order valence-electron chi connectivity index (χ4n) is 9.53. The van der Waals surface area contributed by atoms with Crippen molar-refractivity contribution >= 4 is 17.6 Å². The Bertz CT molecular complexity index is 1060. The van der Waals surface area contributed by atoms with E-state index >= 15 is 0 Å². The van der Waals surface area contributed by atoms with Crippen molar-refractivity contribution < 1.29 is 4.79 Å². The Balaban J connectivity index is 1.23. The number of carbonyl (C=O) groups excluding carboxylic acids is 1. The molecular weight excluding hydrogens is 504 g/mol. The van der Waals surface area contributed by atoms with Gasteiger partial charge in [-0.15, -0.1) is 0 Å². The van der Waals surface area contributed by atoms with Crippen LogP contribution in [0, 0.1) is 12.8 Å². The number of aryl methyl sites for hydroxylation is 1. The highest BCUT2D eigenvalue weighted by Gasteiger charge is 2.51. The first-order chi connectivity index (χ1) is 20.1. The lowest BCUT2D eigenvalue weighted by Gasteiger charge is -2.44. The molecule has 41 heavy (non-hydrogen) atoms. The van der Waals surface area contributed by atoms with Gasteiger partial charge in [0.05, 0.1) is 18.1 Å².